The maximum absolute atomic E-state index is 5.41. The number of aromatic nitrogens is 1. The second-order valence-corrected chi connectivity index (χ2v) is 5.13. The summed E-state index contributed by atoms with van der Waals surface area (Å²) >= 11 is 0. The highest BCUT2D eigenvalue weighted by molar-refractivity contribution is 14.0. The number of aliphatic imine (C=N–C) groups is 1. The zero-order chi connectivity index (χ0) is 18.1. The van der Waals surface area contributed by atoms with Crippen LogP contribution in [0, 0.1) is 0 Å². The lowest BCUT2D eigenvalue weighted by atomic mass is 10.2. The smallest absolute Gasteiger partial charge is 0.218 e. The van der Waals surface area contributed by atoms with Crippen molar-refractivity contribution in [3.63, 3.8) is 0 Å². The quantitative estimate of drug-likeness (QED) is 0.367. The first-order valence-corrected chi connectivity index (χ1v) is 7.85. The molecule has 7 nitrogen and oxygen atoms in total. The minimum absolute atomic E-state index is 0. The van der Waals surface area contributed by atoms with Crippen molar-refractivity contribution >= 4 is 29.9 Å². The highest BCUT2D eigenvalue weighted by Crippen LogP contribution is 2.24. The van der Waals surface area contributed by atoms with Crippen LogP contribution in [0.5, 0.6) is 17.4 Å². The van der Waals surface area contributed by atoms with Crippen LogP contribution in [0.4, 0.5) is 0 Å². The second-order valence-electron chi connectivity index (χ2n) is 5.13. The van der Waals surface area contributed by atoms with E-state index in [0.29, 0.717) is 24.9 Å². The zero-order valence-electron chi connectivity index (χ0n) is 15.4. The fourth-order valence-electron chi connectivity index (χ4n) is 2.32. The molecule has 0 radical (unpaired) electrons. The predicted molar refractivity (Wildman–Crippen MR) is 113 cm³/mol. The molecule has 0 amide bonds. The number of pyridine rings is 1. The van der Waals surface area contributed by atoms with E-state index >= 15 is 0 Å². The average molecular weight is 472 g/mol. The van der Waals surface area contributed by atoms with Gasteiger partial charge in [-0.05, 0) is 18.2 Å². The first-order valence-electron chi connectivity index (χ1n) is 7.85. The molecule has 0 unspecified atom stereocenters. The Hall–Kier alpha value is -2.23. The van der Waals surface area contributed by atoms with Crippen molar-refractivity contribution < 1.29 is 14.2 Å². The number of guanidine groups is 1. The van der Waals surface area contributed by atoms with E-state index in [-0.39, 0.29) is 24.0 Å². The van der Waals surface area contributed by atoms with Crippen molar-refractivity contribution in [2.75, 3.05) is 28.4 Å². The predicted octanol–water partition coefficient (Wildman–Crippen LogP) is 2.59. The molecule has 2 rings (SSSR count). The minimum Gasteiger partial charge on any atom is -0.497 e. The van der Waals surface area contributed by atoms with Crippen LogP contribution < -0.4 is 24.8 Å². The molecule has 0 saturated carbocycles. The molecule has 0 fully saturated rings. The first kappa shape index (κ1) is 21.8. The van der Waals surface area contributed by atoms with Crippen molar-refractivity contribution in [1.82, 2.24) is 15.6 Å². The van der Waals surface area contributed by atoms with Crippen LogP contribution in [-0.2, 0) is 13.1 Å². The second kappa shape index (κ2) is 11.4. The van der Waals surface area contributed by atoms with Gasteiger partial charge in [0, 0.05) is 43.5 Å². The monoisotopic (exact) mass is 472 g/mol. The number of rotatable bonds is 7. The molecule has 0 aliphatic heterocycles. The van der Waals surface area contributed by atoms with Crippen LogP contribution in [0.1, 0.15) is 11.1 Å². The van der Waals surface area contributed by atoms with Gasteiger partial charge in [-0.25, -0.2) is 4.98 Å². The van der Waals surface area contributed by atoms with Gasteiger partial charge < -0.3 is 24.8 Å². The van der Waals surface area contributed by atoms with Gasteiger partial charge >= 0.3 is 0 Å². The van der Waals surface area contributed by atoms with Gasteiger partial charge in [0.15, 0.2) is 5.96 Å². The molecule has 26 heavy (non-hydrogen) atoms. The molecule has 0 spiro atoms. The Balaban J connectivity index is 0.00000338. The molecule has 0 aliphatic carbocycles. The van der Waals surface area contributed by atoms with Crippen molar-refractivity contribution in [3.8, 4) is 17.4 Å². The maximum Gasteiger partial charge on any atom is 0.218 e. The van der Waals surface area contributed by atoms with E-state index < -0.39 is 0 Å². The lowest BCUT2D eigenvalue weighted by Crippen LogP contribution is -2.36. The van der Waals surface area contributed by atoms with Gasteiger partial charge in [0.25, 0.3) is 0 Å². The molecule has 1 heterocycles. The van der Waals surface area contributed by atoms with Crippen LogP contribution in [-0.4, -0.2) is 39.3 Å². The Kier molecular flexibility index (Phi) is 9.56. The van der Waals surface area contributed by atoms with Gasteiger partial charge in [-0.2, -0.15) is 0 Å². The molecule has 0 saturated heterocycles. The SMILES string of the molecule is CN=C(NCc1ccc(OC)cc1OC)NCc1cccnc1OC.I. The standard InChI is InChI=1S/C18H24N4O3.HI/c1-19-18(22-12-14-6-5-9-20-17(14)25-4)21-11-13-7-8-15(23-2)10-16(13)24-3;/h5-10H,11-12H2,1-4H3,(H2,19,21,22);1H. The van der Waals surface area contributed by atoms with Crippen LogP contribution in [0.15, 0.2) is 41.5 Å². The van der Waals surface area contributed by atoms with E-state index in [1.807, 2.05) is 30.3 Å². The zero-order valence-corrected chi connectivity index (χ0v) is 17.7. The number of ether oxygens (including phenoxy) is 3. The molecule has 0 aliphatic rings. The fourth-order valence-corrected chi connectivity index (χ4v) is 2.32. The Morgan fingerprint density at radius 2 is 1.73 bits per heavy atom. The molecule has 2 aromatic rings. The molecular weight excluding hydrogens is 447 g/mol. The number of hydrogen-bond donors (Lipinski definition) is 2. The van der Waals surface area contributed by atoms with E-state index in [9.17, 15) is 0 Å². The van der Waals surface area contributed by atoms with Crippen LogP contribution >= 0.6 is 24.0 Å². The highest BCUT2D eigenvalue weighted by Gasteiger charge is 2.07. The maximum atomic E-state index is 5.41. The first-order chi connectivity index (χ1) is 12.2. The third kappa shape index (κ3) is 5.94. The summed E-state index contributed by atoms with van der Waals surface area (Å²) in [5.74, 6) is 2.79. The summed E-state index contributed by atoms with van der Waals surface area (Å²) in [4.78, 5) is 8.41. The molecule has 8 heteroatoms. The summed E-state index contributed by atoms with van der Waals surface area (Å²) < 4.78 is 15.9. The molecule has 1 aromatic heterocycles. The number of nitrogens with one attached hydrogen (secondary N) is 2. The number of hydrogen-bond acceptors (Lipinski definition) is 5. The number of benzene rings is 1. The Morgan fingerprint density at radius 3 is 2.35 bits per heavy atom. The highest BCUT2D eigenvalue weighted by atomic mass is 127. The summed E-state index contributed by atoms with van der Waals surface area (Å²) in [7, 11) is 6.60. The van der Waals surface area contributed by atoms with Crippen molar-refractivity contribution in [2.45, 2.75) is 13.1 Å². The third-order valence-electron chi connectivity index (χ3n) is 3.65. The van der Waals surface area contributed by atoms with Crippen LogP contribution in [0.25, 0.3) is 0 Å². The van der Waals surface area contributed by atoms with E-state index in [1.54, 1.807) is 34.6 Å². The van der Waals surface area contributed by atoms with Gasteiger partial charge in [0.2, 0.25) is 5.88 Å². The Morgan fingerprint density at radius 1 is 1.00 bits per heavy atom. The Bertz CT molecular complexity index is 725. The van der Waals surface area contributed by atoms with Gasteiger partial charge in [0.1, 0.15) is 11.5 Å². The molecular formula is C18H25IN4O3. The molecule has 1 aromatic carbocycles. The van der Waals surface area contributed by atoms with Crippen LogP contribution in [0.3, 0.4) is 0 Å². The molecule has 142 valence electrons. The van der Waals surface area contributed by atoms with Gasteiger partial charge in [-0.3, -0.25) is 4.99 Å². The molecule has 2 N–H and O–H groups in total. The number of nitrogens with zero attached hydrogens (tertiary/aromatic N) is 2. The van der Waals surface area contributed by atoms with E-state index in [1.165, 1.54) is 0 Å². The topological polar surface area (TPSA) is 77.0 Å². The summed E-state index contributed by atoms with van der Waals surface area (Å²) in [6.45, 7) is 1.12. The van der Waals surface area contributed by atoms with Crippen LogP contribution in [0.2, 0.25) is 0 Å². The summed E-state index contributed by atoms with van der Waals surface area (Å²) in [5, 5.41) is 6.51. The molecule has 0 atom stereocenters. The van der Waals surface area contributed by atoms with E-state index in [4.69, 9.17) is 14.2 Å². The van der Waals surface area contributed by atoms with Crippen molar-refractivity contribution in [2.24, 2.45) is 4.99 Å². The Labute approximate surface area is 171 Å². The summed E-state index contributed by atoms with van der Waals surface area (Å²) in [6, 6.07) is 9.54. The summed E-state index contributed by atoms with van der Waals surface area (Å²) in [5.41, 5.74) is 1.96. The van der Waals surface area contributed by atoms with E-state index in [2.05, 4.69) is 20.6 Å². The summed E-state index contributed by atoms with van der Waals surface area (Å²) in [6.07, 6.45) is 1.70. The van der Waals surface area contributed by atoms with Gasteiger partial charge in [0.05, 0.1) is 21.3 Å². The molecule has 0 bridgehead atoms. The van der Waals surface area contributed by atoms with Gasteiger partial charge in [-0.1, -0.05) is 6.07 Å². The van der Waals surface area contributed by atoms with Gasteiger partial charge in [-0.15, -0.1) is 24.0 Å². The lowest BCUT2D eigenvalue weighted by molar-refractivity contribution is 0.390. The largest absolute Gasteiger partial charge is 0.497 e. The minimum atomic E-state index is 0. The normalized spacial score (nSPS) is 10.5. The van der Waals surface area contributed by atoms with Crippen molar-refractivity contribution in [3.05, 3.63) is 47.7 Å². The third-order valence-corrected chi connectivity index (χ3v) is 3.65. The lowest BCUT2D eigenvalue weighted by Gasteiger charge is -2.15. The average Bonchev–Trinajstić information content (AvgIpc) is 2.68. The fraction of sp³-hybridized carbons (Fsp3) is 0.333. The van der Waals surface area contributed by atoms with E-state index in [0.717, 1.165) is 22.6 Å². The van der Waals surface area contributed by atoms with Crippen molar-refractivity contribution in [1.29, 1.82) is 0 Å². The number of methoxy groups -OCH3 is 3. The number of halogens is 1.